The van der Waals surface area contributed by atoms with E-state index in [0.29, 0.717) is 18.2 Å². The maximum absolute atomic E-state index is 5.86. The molecule has 0 radical (unpaired) electrons. The van der Waals surface area contributed by atoms with Crippen molar-refractivity contribution in [1.29, 1.82) is 0 Å². The highest BCUT2D eigenvalue weighted by Gasteiger charge is 2.22. The number of hydrogen-bond acceptors (Lipinski definition) is 3. The van der Waals surface area contributed by atoms with Gasteiger partial charge in [-0.1, -0.05) is 36.4 Å². The Labute approximate surface area is 157 Å². The third-order valence-corrected chi connectivity index (χ3v) is 5.03. The topological polar surface area (TPSA) is 48.9 Å². The summed E-state index contributed by atoms with van der Waals surface area (Å²) in [5, 5.41) is 6.97. The van der Waals surface area contributed by atoms with Gasteiger partial charge in [0.25, 0.3) is 0 Å². The van der Waals surface area contributed by atoms with Gasteiger partial charge in [-0.3, -0.25) is 9.89 Å². The molecule has 5 nitrogen and oxygen atoms in total. The molecule has 2 aliphatic rings. The second kappa shape index (κ2) is 9.19. The summed E-state index contributed by atoms with van der Waals surface area (Å²) in [6.45, 7) is 8.04. The summed E-state index contributed by atoms with van der Waals surface area (Å²) in [7, 11) is 1.83. The monoisotopic (exact) mass is 356 g/mol. The van der Waals surface area contributed by atoms with Crippen molar-refractivity contribution in [2.75, 3.05) is 20.1 Å². The number of hydrogen-bond donors (Lipinski definition) is 2. The average Bonchev–Trinajstić information content (AvgIpc) is 3.12. The second-order valence-corrected chi connectivity index (χ2v) is 7.43. The van der Waals surface area contributed by atoms with Gasteiger partial charge in [-0.25, -0.2) is 0 Å². The molecule has 1 aromatic carbocycles. The van der Waals surface area contributed by atoms with Crippen LogP contribution in [0.5, 0.6) is 0 Å². The van der Waals surface area contributed by atoms with Crippen LogP contribution in [-0.2, 0) is 17.8 Å². The first-order chi connectivity index (χ1) is 12.6. The van der Waals surface area contributed by atoms with E-state index in [2.05, 4.69) is 70.8 Å². The first-order valence-corrected chi connectivity index (χ1v) is 9.71. The van der Waals surface area contributed by atoms with Gasteiger partial charge in [-0.15, -0.1) is 0 Å². The standard InChI is InChI=1S/C21H32N4O/c1-16-13-25(14-17(2)26-16)15-19-9-5-4-8-18(19)12-23-21(22-3)24-20-10-6-7-11-20/h4-9,16-17,20H,10-15H2,1-3H3,(H2,22,23,24). The van der Waals surface area contributed by atoms with E-state index in [1.54, 1.807) is 0 Å². The SMILES string of the molecule is CN=C(NCc1ccccc1CN1CC(C)OC(C)C1)NC1CC=CC1. The lowest BCUT2D eigenvalue weighted by atomic mass is 10.1. The van der Waals surface area contributed by atoms with Crippen molar-refractivity contribution in [2.45, 2.75) is 58.0 Å². The number of ether oxygens (including phenoxy) is 1. The highest BCUT2D eigenvalue weighted by Crippen LogP contribution is 2.17. The van der Waals surface area contributed by atoms with E-state index < -0.39 is 0 Å². The summed E-state index contributed by atoms with van der Waals surface area (Å²) < 4.78 is 5.86. The molecule has 1 saturated heterocycles. The average molecular weight is 357 g/mol. The van der Waals surface area contributed by atoms with Crippen molar-refractivity contribution in [1.82, 2.24) is 15.5 Å². The van der Waals surface area contributed by atoms with Crippen LogP contribution in [0.1, 0.15) is 37.8 Å². The molecule has 1 fully saturated rings. The van der Waals surface area contributed by atoms with Gasteiger partial charge in [0.15, 0.2) is 5.96 Å². The van der Waals surface area contributed by atoms with Crippen LogP contribution in [0.25, 0.3) is 0 Å². The molecule has 0 aromatic heterocycles. The Balaban J connectivity index is 1.58. The summed E-state index contributed by atoms with van der Waals surface area (Å²) in [5.41, 5.74) is 2.70. The van der Waals surface area contributed by atoms with E-state index in [-0.39, 0.29) is 0 Å². The smallest absolute Gasteiger partial charge is 0.191 e. The normalized spacial score (nSPS) is 24.8. The molecular weight excluding hydrogens is 324 g/mol. The summed E-state index contributed by atoms with van der Waals surface area (Å²) in [6, 6.07) is 9.15. The molecule has 2 atom stereocenters. The van der Waals surface area contributed by atoms with Gasteiger partial charge >= 0.3 is 0 Å². The quantitative estimate of drug-likeness (QED) is 0.484. The Hall–Kier alpha value is -1.85. The number of rotatable bonds is 5. The van der Waals surface area contributed by atoms with Gasteiger partial charge in [0, 0.05) is 39.3 Å². The summed E-state index contributed by atoms with van der Waals surface area (Å²) in [5.74, 6) is 0.877. The fourth-order valence-corrected chi connectivity index (χ4v) is 3.84. The van der Waals surface area contributed by atoms with Crippen LogP contribution in [0.4, 0.5) is 0 Å². The predicted octanol–water partition coefficient (Wildman–Crippen LogP) is 2.68. The molecule has 0 amide bonds. The van der Waals surface area contributed by atoms with E-state index in [9.17, 15) is 0 Å². The number of nitrogens with one attached hydrogen (secondary N) is 2. The van der Waals surface area contributed by atoms with Gasteiger partial charge < -0.3 is 15.4 Å². The van der Waals surface area contributed by atoms with Crippen molar-refractivity contribution in [3.8, 4) is 0 Å². The molecule has 2 N–H and O–H groups in total. The second-order valence-electron chi connectivity index (χ2n) is 7.43. The molecule has 0 saturated carbocycles. The number of guanidine groups is 1. The van der Waals surface area contributed by atoms with Gasteiger partial charge in [-0.05, 0) is 37.8 Å². The Morgan fingerprint density at radius 1 is 1.12 bits per heavy atom. The van der Waals surface area contributed by atoms with Crippen LogP contribution in [0, 0.1) is 0 Å². The largest absolute Gasteiger partial charge is 0.373 e. The summed E-state index contributed by atoms with van der Waals surface area (Å²) >= 11 is 0. The molecular formula is C21H32N4O. The first kappa shape index (κ1) is 18.9. The fraction of sp³-hybridized carbons (Fsp3) is 0.571. The Morgan fingerprint density at radius 3 is 2.42 bits per heavy atom. The Bertz CT molecular complexity index is 625. The van der Waals surface area contributed by atoms with Gasteiger partial charge in [0.05, 0.1) is 12.2 Å². The highest BCUT2D eigenvalue weighted by atomic mass is 16.5. The molecule has 3 rings (SSSR count). The van der Waals surface area contributed by atoms with E-state index >= 15 is 0 Å². The zero-order chi connectivity index (χ0) is 18.4. The van der Waals surface area contributed by atoms with Crippen molar-refractivity contribution < 1.29 is 4.74 Å². The zero-order valence-corrected chi connectivity index (χ0v) is 16.2. The van der Waals surface area contributed by atoms with E-state index in [4.69, 9.17) is 4.74 Å². The molecule has 0 bridgehead atoms. The Kier molecular flexibility index (Phi) is 6.69. The van der Waals surface area contributed by atoms with Crippen LogP contribution in [0.2, 0.25) is 0 Å². The van der Waals surface area contributed by atoms with Gasteiger partial charge in [0.1, 0.15) is 0 Å². The molecule has 142 valence electrons. The third kappa shape index (κ3) is 5.32. The summed E-state index contributed by atoms with van der Waals surface area (Å²) in [4.78, 5) is 6.87. The van der Waals surface area contributed by atoms with Crippen LogP contribution >= 0.6 is 0 Å². The van der Waals surface area contributed by atoms with E-state index in [0.717, 1.165) is 45.0 Å². The maximum atomic E-state index is 5.86. The molecule has 1 aliphatic heterocycles. The van der Waals surface area contributed by atoms with E-state index in [1.807, 2.05) is 7.05 Å². The molecule has 0 spiro atoms. The summed E-state index contributed by atoms with van der Waals surface area (Å²) in [6.07, 6.45) is 7.20. The van der Waals surface area contributed by atoms with Gasteiger partial charge in [-0.2, -0.15) is 0 Å². The minimum Gasteiger partial charge on any atom is -0.373 e. The molecule has 26 heavy (non-hydrogen) atoms. The minimum atomic E-state index is 0.298. The molecule has 5 heteroatoms. The number of morpholine rings is 1. The number of aliphatic imine (C=N–C) groups is 1. The Morgan fingerprint density at radius 2 is 1.77 bits per heavy atom. The first-order valence-electron chi connectivity index (χ1n) is 9.71. The van der Waals surface area contributed by atoms with Crippen LogP contribution < -0.4 is 10.6 Å². The lowest BCUT2D eigenvalue weighted by Crippen LogP contribution is -2.45. The molecule has 1 aliphatic carbocycles. The lowest BCUT2D eigenvalue weighted by Gasteiger charge is -2.35. The maximum Gasteiger partial charge on any atom is 0.191 e. The molecule has 1 aromatic rings. The minimum absolute atomic E-state index is 0.298. The molecule has 1 heterocycles. The third-order valence-electron chi connectivity index (χ3n) is 5.03. The highest BCUT2D eigenvalue weighted by molar-refractivity contribution is 5.80. The van der Waals surface area contributed by atoms with Crippen molar-refractivity contribution in [2.24, 2.45) is 4.99 Å². The van der Waals surface area contributed by atoms with Gasteiger partial charge in [0.2, 0.25) is 0 Å². The molecule has 2 unspecified atom stereocenters. The van der Waals surface area contributed by atoms with Crippen molar-refractivity contribution in [3.63, 3.8) is 0 Å². The number of nitrogens with zero attached hydrogens (tertiary/aromatic N) is 2. The fourth-order valence-electron chi connectivity index (χ4n) is 3.84. The van der Waals surface area contributed by atoms with Crippen LogP contribution in [0.15, 0.2) is 41.4 Å². The van der Waals surface area contributed by atoms with Crippen LogP contribution in [0.3, 0.4) is 0 Å². The zero-order valence-electron chi connectivity index (χ0n) is 16.2. The van der Waals surface area contributed by atoms with E-state index in [1.165, 1.54) is 11.1 Å². The number of benzene rings is 1. The van der Waals surface area contributed by atoms with Crippen LogP contribution in [-0.4, -0.2) is 49.2 Å². The predicted molar refractivity (Wildman–Crippen MR) is 107 cm³/mol. The lowest BCUT2D eigenvalue weighted by molar-refractivity contribution is -0.0705. The van der Waals surface area contributed by atoms with Crippen molar-refractivity contribution >= 4 is 5.96 Å². The van der Waals surface area contributed by atoms with Crippen molar-refractivity contribution in [3.05, 3.63) is 47.5 Å².